The van der Waals surface area contributed by atoms with Crippen LogP contribution in [0, 0.1) is 11.3 Å². The number of nitrogens with zero attached hydrogens (tertiary/aromatic N) is 1. The van der Waals surface area contributed by atoms with Gasteiger partial charge in [0.1, 0.15) is 5.58 Å². The van der Waals surface area contributed by atoms with E-state index in [-0.39, 0.29) is 23.5 Å². The Kier molecular flexibility index (Phi) is 4.80. The van der Waals surface area contributed by atoms with Crippen molar-refractivity contribution in [3.63, 3.8) is 0 Å². The Balaban J connectivity index is 1.43. The molecule has 162 valence electrons. The molecule has 1 aromatic heterocycles. The molecule has 0 radical (unpaired) electrons. The van der Waals surface area contributed by atoms with Gasteiger partial charge in [0.2, 0.25) is 18.0 Å². The zero-order valence-electron chi connectivity index (χ0n) is 16.9. The van der Waals surface area contributed by atoms with Crippen molar-refractivity contribution >= 4 is 28.4 Å². The van der Waals surface area contributed by atoms with E-state index >= 15 is 0 Å². The van der Waals surface area contributed by atoms with Gasteiger partial charge in [-0.15, -0.1) is 0 Å². The van der Waals surface area contributed by atoms with Crippen molar-refractivity contribution in [1.82, 2.24) is 0 Å². The fourth-order valence-corrected chi connectivity index (χ4v) is 3.46. The average Bonchev–Trinajstić information content (AvgIpc) is 3.29. The second kappa shape index (κ2) is 7.94. The number of amides is 2. The van der Waals surface area contributed by atoms with E-state index in [1.165, 1.54) is 18.2 Å². The monoisotopic (exact) mass is 441 g/mol. The van der Waals surface area contributed by atoms with Gasteiger partial charge in [-0.1, -0.05) is 6.07 Å². The lowest BCUT2D eigenvalue weighted by Crippen LogP contribution is -2.19. The number of benzene rings is 3. The maximum Gasteiger partial charge on any atom is 0.323 e. The zero-order valence-corrected chi connectivity index (χ0v) is 16.9. The molecule has 0 spiro atoms. The second-order valence-electron chi connectivity index (χ2n) is 7.16. The molecule has 0 fully saturated rings. The summed E-state index contributed by atoms with van der Waals surface area (Å²) in [6, 6.07) is 17.3. The Morgan fingerprint density at radius 2 is 1.76 bits per heavy atom. The van der Waals surface area contributed by atoms with Crippen molar-refractivity contribution in [2.75, 3.05) is 17.4 Å². The third kappa shape index (κ3) is 3.77. The third-order valence-corrected chi connectivity index (χ3v) is 5.01. The molecule has 0 saturated heterocycles. The molecule has 3 N–H and O–H groups in total. The largest absolute Gasteiger partial charge is 0.502 e. The van der Waals surface area contributed by atoms with Gasteiger partial charge in [0.15, 0.2) is 17.3 Å². The molecule has 3 aromatic carbocycles. The summed E-state index contributed by atoms with van der Waals surface area (Å²) < 4.78 is 16.4. The van der Waals surface area contributed by atoms with E-state index in [2.05, 4.69) is 10.6 Å². The van der Waals surface area contributed by atoms with Gasteiger partial charge in [-0.05, 0) is 54.6 Å². The number of fused-ring (bicyclic) bond motifs is 2. The van der Waals surface area contributed by atoms with Crippen molar-refractivity contribution in [2.24, 2.45) is 0 Å². The first-order valence-corrected chi connectivity index (χ1v) is 9.80. The van der Waals surface area contributed by atoms with Gasteiger partial charge >= 0.3 is 6.03 Å². The molecular formula is C24H15N3O6. The summed E-state index contributed by atoms with van der Waals surface area (Å²) in [5.41, 5.74) is 1.21. The van der Waals surface area contributed by atoms with Crippen LogP contribution in [0.25, 0.3) is 22.3 Å². The van der Waals surface area contributed by atoms with Crippen LogP contribution < -0.4 is 25.5 Å². The molecular weight excluding hydrogens is 426 g/mol. The number of urea groups is 1. The normalized spacial score (nSPS) is 11.7. The van der Waals surface area contributed by atoms with E-state index in [9.17, 15) is 14.7 Å². The highest BCUT2D eigenvalue weighted by molar-refractivity contribution is 6.01. The van der Waals surface area contributed by atoms with Crippen molar-refractivity contribution < 1.29 is 23.8 Å². The van der Waals surface area contributed by atoms with Crippen LogP contribution in [-0.2, 0) is 0 Å². The number of nitrogens with one attached hydrogen (secondary N) is 2. The van der Waals surface area contributed by atoms with Gasteiger partial charge in [-0.25, -0.2) is 4.79 Å². The minimum Gasteiger partial charge on any atom is -0.502 e. The van der Waals surface area contributed by atoms with Crippen LogP contribution in [0.5, 0.6) is 17.2 Å². The van der Waals surface area contributed by atoms with Crippen molar-refractivity contribution in [3.8, 4) is 34.6 Å². The maximum atomic E-state index is 12.8. The maximum absolute atomic E-state index is 12.8. The molecule has 0 bridgehead atoms. The van der Waals surface area contributed by atoms with E-state index in [4.69, 9.17) is 19.2 Å². The van der Waals surface area contributed by atoms with Gasteiger partial charge in [-0.2, -0.15) is 5.26 Å². The molecule has 1 aliphatic rings. The van der Waals surface area contributed by atoms with Crippen LogP contribution in [0.2, 0.25) is 0 Å². The van der Waals surface area contributed by atoms with Gasteiger partial charge in [0.05, 0.1) is 17.0 Å². The predicted molar refractivity (Wildman–Crippen MR) is 120 cm³/mol. The molecule has 5 rings (SSSR count). The number of carbonyl (C=O) groups is 1. The number of nitriles is 1. The molecule has 9 heteroatoms. The first-order chi connectivity index (χ1) is 16.0. The fraction of sp³-hybridized carbons (Fsp3) is 0.0417. The molecule has 0 atom stereocenters. The number of anilines is 2. The fourth-order valence-electron chi connectivity index (χ4n) is 3.46. The summed E-state index contributed by atoms with van der Waals surface area (Å²) in [5.74, 6) is 0.494. The highest BCUT2D eigenvalue weighted by atomic mass is 16.7. The van der Waals surface area contributed by atoms with E-state index < -0.39 is 17.2 Å². The van der Waals surface area contributed by atoms with Crippen LogP contribution in [0.3, 0.4) is 0 Å². The molecule has 2 amide bonds. The molecule has 33 heavy (non-hydrogen) atoms. The summed E-state index contributed by atoms with van der Waals surface area (Å²) in [4.78, 5) is 25.2. The van der Waals surface area contributed by atoms with Crippen LogP contribution in [0.15, 0.2) is 69.9 Å². The average molecular weight is 441 g/mol. The standard InChI is InChI=1S/C24H15N3O6/c25-11-13-2-1-3-15(8-13)26-24(30)27-16-5-7-18-17(10-16)21(28)22(29)23(33-18)14-4-6-19-20(9-14)32-12-31-19/h1-10,29H,12H2,(H2,26,27,30). The quantitative estimate of drug-likeness (QED) is 0.429. The molecule has 0 aliphatic carbocycles. The van der Waals surface area contributed by atoms with Gasteiger partial charge in [-0.3, -0.25) is 4.79 Å². The highest BCUT2D eigenvalue weighted by Gasteiger charge is 2.20. The van der Waals surface area contributed by atoms with E-state index in [1.807, 2.05) is 6.07 Å². The summed E-state index contributed by atoms with van der Waals surface area (Å²) in [6.45, 7) is 0.0968. The first kappa shape index (κ1) is 20.0. The van der Waals surface area contributed by atoms with Gasteiger partial charge in [0.25, 0.3) is 0 Å². The molecule has 9 nitrogen and oxygen atoms in total. The van der Waals surface area contributed by atoms with E-state index in [0.717, 1.165) is 0 Å². The number of hydrogen-bond donors (Lipinski definition) is 3. The summed E-state index contributed by atoms with van der Waals surface area (Å²) >= 11 is 0. The Labute approximate surface area is 186 Å². The van der Waals surface area contributed by atoms with E-state index in [0.29, 0.717) is 34.0 Å². The number of ether oxygens (including phenoxy) is 2. The molecule has 1 aliphatic heterocycles. The highest BCUT2D eigenvalue weighted by Crippen LogP contribution is 2.38. The molecule has 4 aromatic rings. The summed E-state index contributed by atoms with van der Waals surface area (Å²) in [5, 5.41) is 24.8. The Bertz CT molecular complexity index is 1520. The SMILES string of the molecule is N#Cc1cccc(NC(=O)Nc2ccc3oc(-c4ccc5c(c4)OCO5)c(O)c(=O)c3c2)c1. The molecule has 0 saturated carbocycles. The van der Waals surface area contributed by atoms with Gasteiger partial charge < -0.3 is 29.6 Å². The van der Waals surface area contributed by atoms with E-state index in [1.54, 1.807) is 42.5 Å². The van der Waals surface area contributed by atoms with Crippen LogP contribution in [-0.4, -0.2) is 17.9 Å². The lowest BCUT2D eigenvalue weighted by molar-refractivity contribution is 0.174. The number of hydrogen-bond acceptors (Lipinski definition) is 7. The minimum atomic E-state index is -0.644. The molecule has 0 unspecified atom stereocenters. The second-order valence-corrected chi connectivity index (χ2v) is 7.16. The van der Waals surface area contributed by atoms with Crippen LogP contribution in [0.4, 0.5) is 16.2 Å². The predicted octanol–water partition coefficient (Wildman–Crippen LogP) is 4.41. The Hall–Kier alpha value is -4.97. The van der Waals surface area contributed by atoms with Crippen molar-refractivity contribution in [2.45, 2.75) is 0 Å². The first-order valence-electron chi connectivity index (χ1n) is 9.80. The van der Waals surface area contributed by atoms with Gasteiger partial charge in [0, 0.05) is 16.9 Å². The summed E-state index contributed by atoms with van der Waals surface area (Å²) in [7, 11) is 0. The smallest absolute Gasteiger partial charge is 0.323 e. The van der Waals surface area contributed by atoms with Crippen molar-refractivity contribution in [1.29, 1.82) is 5.26 Å². The zero-order chi connectivity index (χ0) is 22.9. The summed E-state index contributed by atoms with van der Waals surface area (Å²) in [6.07, 6.45) is 0. The lowest BCUT2D eigenvalue weighted by Gasteiger charge is -2.10. The third-order valence-electron chi connectivity index (χ3n) is 5.01. The number of aromatic hydroxyl groups is 1. The Morgan fingerprint density at radius 1 is 0.970 bits per heavy atom. The van der Waals surface area contributed by atoms with Crippen LogP contribution in [0.1, 0.15) is 5.56 Å². The number of carbonyl (C=O) groups excluding carboxylic acids is 1. The topological polar surface area (TPSA) is 134 Å². The van der Waals surface area contributed by atoms with Crippen LogP contribution >= 0.6 is 0 Å². The number of rotatable bonds is 3. The molecule has 2 heterocycles. The minimum absolute atomic E-state index is 0.00151. The lowest BCUT2D eigenvalue weighted by atomic mass is 10.1. The van der Waals surface area contributed by atoms with Crippen molar-refractivity contribution in [3.05, 3.63) is 76.5 Å². The Morgan fingerprint density at radius 3 is 2.58 bits per heavy atom.